The Kier molecular flexibility index (Phi) is 3.58. The summed E-state index contributed by atoms with van der Waals surface area (Å²) in [7, 11) is 6.54. The molecule has 0 saturated carbocycles. The summed E-state index contributed by atoms with van der Waals surface area (Å²) in [4.78, 5) is 0. The van der Waals surface area contributed by atoms with Gasteiger partial charge < -0.3 is 14.2 Å². The summed E-state index contributed by atoms with van der Waals surface area (Å²) in [5.74, 6) is 1.52. The second-order valence-corrected chi connectivity index (χ2v) is 2.53. The molecule has 13 heavy (non-hydrogen) atoms. The van der Waals surface area contributed by atoms with Crippen molar-refractivity contribution in [2.45, 2.75) is 6.61 Å². The summed E-state index contributed by atoms with van der Waals surface area (Å²) in [5.41, 5.74) is 0.957. The molecule has 0 N–H and O–H groups in total. The standard InChI is InChI=1S/C10H13O3/c1-11-7-8-4-5-9(12-2)6-10(8)13-3/h4-6H,1,7H2,2-3H3. The minimum Gasteiger partial charge on any atom is -0.497 e. The fourth-order valence-corrected chi connectivity index (χ4v) is 1.08. The molecule has 0 spiro atoms. The van der Waals surface area contributed by atoms with E-state index in [1.165, 1.54) is 0 Å². The van der Waals surface area contributed by atoms with Crippen LogP contribution in [0, 0.1) is 7.11 Å². The first-order valence-corrected chi connectivity index (χ1v) is 3.89. The molecule has 1 aromatic rings. The first kappa shape index (κ1) is 9.86. The van der Waals surface area contributed by atoms with E-state index in [0.29, 0.717) is 6.61 Å². The van der Waals surface area contributed by atoms with Crippen molar-refractivity contribution < 1.29 is 14.2 Å². The van der Waals surface area contributed by atoms with Crippen LogP contribution in [0.3, 0.4) is 0 Å². The first-order chi connectivity index (χ1) is 6.31. The molecule has 0 fully saturated rings. The number of hydrogen-bond donors (Lipinski definition) is 0. The normalized spacial score (nSPS) is 9.77. The molecule has 0 aromatic heterocycles. The van der Waals surface area contributed by atoms with Gasteiger partial charge in [-0.15, -0.1) is 0 Å². The molecule has 0 unspecified atom stereocenters. The summed E-state index contributed by atoms with van der Waals surface area (Å²) in [6.45, 7) is 0.438. The molecular weight excluding hydrogens is 168 g/mol. The maximum absolute atomic E-state index is 5.15. The lowest BCUT2D eigenvalue weighted by molar-refractivity contribution is 0.224. The second kappa shape index (κ2) is 4.72. The van der Waals surface area contributed by atoms with Gasteiger partial charge in [0.1, 0.15) is 11.5 Å². The minimum atomic E-state index is 0.438. The maximum Gasteiger partial charge on any atom is 0.128 e. The Hall–Kier alpha value is -1.22. The van der Waals surface area contributed by atoms with Crippen LogP contribution in [0.5, 0.6) is 11.5 Å². The van der Waals surface area contributed by atoms with Gasteiger partial charge in [-0.05, 0) is 12.1 Å². The smallest absolute Gasteiger partial charge is 0.128 e. The molecule has 71 valence electrons. The summed E-state index contributed by atoms with van der Waals surface area (Å²) in [5, 5.41) is 0. The van der Waals surface area contributed by atoms with Crippen LogP contribution in [-0.4, -0.2) is 14.2 Å². The Morgan fingerprint density at radius 3 is 2.54 bits per heavy atom. The number of methoxy groups -OCH3 is 2. The Morgan fingerprint density at radius 2 is 2.00 bits per heavy atom. The van der Waals surface area contributed by atoms with Crippen molar-refractivity contribution in [3.05, 3.63) is 30.9 Å². The lowest BCUT2D eigenvalue weighted by Gasteiger charge is -2.08. The summed E-state index contributed by atoms with van der Waals surface area (Å²) in [6.07, 6.45) is 0. The molecule has 0 aliphatic carbocycles. The van der Waals surface area contributed by atoms with Gasteiger partial charge in [0, 0.05) is 11.6 Å². The highest BCUT2D eigenvalue weighted by molar-refractivity contribution is 5.40. The SMILES string of the molecule is [CH2]OCc1ccc(OC)cc1OC. The van der Waals surface area contributed by atoms with Gasteiger partial charge in [0.15, 0.2) is 0 Å². The molecule has 1 radical (unpaired) electrons. The van der Waals surface area contributed by atoms with E-state index in [9.17, 15) is 0 Å². The molecule has 0 aliphatic heterocycles. The molecule has 0 aliphatic rings. The molecular formula is C10H13O3. The van der Waals surface area contributed by atoms with Crippen LogP contribution in [0.1, 0.15) is 5.56 Å². The predicted octanol–water partition coefficient (Wildman–Crippen LogP) is 2.01. The molecule has 0 bridgehead atoms. The highest BCUT2D eigenvalue weighted by Crippen LogP contribution is 2.24. The van der Waals surface area contributed by atoms with Crippen LogP contribution in [0.4, 0.5) is 0 Å². The zero-order valence-corrected chi connectivity index (χ0v) is 7.87. The Bertz CT molecular complexity index is 271. The lowest BCUT2D eigenvalue weighted by Crippen LogP contribution is -1.94. The minimum absolute atomic E-state index is 0.438. The van der Waals surface area contributed by atoms with Crippen molar-refractivity contribution >= 4 is 0 Å². The summed E-state index contributed by atoms with van der Waals surface area (Å²) in [6, 6.07) is 5.56. The van der Waals surface area contributed by atoms with E-state index in [0.717, 1.165) is 17.1 Å². The van der Waals surface area contributed by atoms with E-state index in [1.807, 2.05) is 18.2 Å². The molecule has 0 amide bonds. The Labute approximate surface area is 78.2 Å². The lowest BCUT2D eigenvalue weighted by atomic mass is 10.2. The van der Waals surface area contributed by atoms with Gasteiger partial charge in [-0.25, -0.2) is 0 Å². The Balaban J connectivity index is 2.93. The second-order valence-electron chi connectivity index (χ2n) is 2.53. The average Bonchev–Trinajstić information content (AvgIpc) is 2.19. The molecule has 3 heteroatoms. The zero-order valence-electron chi connectivity index (χ0n) is 7.87. The molecule has 0 atom stereocenters. The summed E-state index contributed by atoms with van der Waals surface area (Å²) < 4.78 is 15.0. The number of benzene rings is 1. The van der Waals surface area contributed by atoms with Crippen LogP contribution in [0.15, 0.2) is 18.2 Å². The van der Waals surface area contributed by atoms with Gasteiger partial charge in [0.05, 0.1) is 27.9 Å². The average molecular weight is 181 g/mol. The number of hydrogen-bond acceptors (Lipinski definition) is 3. The van der Waals surface area contributed by atoms with E-state index in [1.54, 1.807) is 14.2 Å². The number of ether oxygens (including phenoxy) is 3. The van der Waals surface area contributed by atoms with Gasteiger partial charge >= 0.3 is 0 Å². The highest BCUT2D eigenvalue weighted by atomic mass is 16.5. The molecule has 3 nitrogen and oxygen atoms in total. The molecule has 0 saturated heterocycles. The molecule has 1 rings (SSSR count). The quantitative estimate of drug-likeness (QED) is 0.711. The maximum atomic E-state index is 5.15. The first-order valence-electron chi connectivity index (χ1n) is 3.89. The van der Waals surface area contributed by atoms with Crippen LogP contribution in [0.2, 0.25) is 0 Å². The fraction of sp³-hybridized carbons (Fsp3) is 0.300. The van der Waals surface area contributed by atoms with Crippen LogP contribution in [0.25, 0.3) is 0 Å². The van der Waals surface area contributed by atoms with E-state index in [2.05, 4.69) is 7.11 Å². The Morgan fingerprint density at radius 1 is 1.23 bits per heavy atom. The van der Waals surface area contributed by atoms with E-state index < -0.39 is 0 Å². The van der Waals surface area contributed by atoms with Crippen molar-refractivity contribution in [1.29, 1.82) is 0 Å². The van der Waals surface area contributed by atoms with E-state index in [-0.39, 0.29) is 0 Å². The van der Waals surface area contributed by atoms with Crippen molar-refractivity contribution in [2.75, 3.05) is 14.2 Å². The van der Waals surface area contributed by atoms with E-state index in [4.69, 9.17) is 14.2 Å². The van der Waals surface area contributed by atoms with Crippen molar-refractivity contribution in [2.24, 2.45) is 0 Å². The third-order valence-electron chi connectivity index (χ3n) is 1.75. The number of rotatable bonds is 4. The van der Waals surface area contributed by atoms with Gasteiger partial charge in [0.2, 0.25) is 0 Å². The van der Waals surface area contributed by atoms with Gasteiger partial charge in [-0.2, -0.15) is 0 Å². The summed E-state index contributed by atoms with van der Waals surface area (Å²) >= 11 is 0. The molecule has 1 aromatic carbocycles. The predicted molar refractivity (Wildman–Crippen MR) is 49.7 cm³/mol. The van der Waals surface area contributed by atoms with Crippen LogP contribution in [-0.2, 0) is 11.3 Å². The van der Waals surface area contributed by atoms with Gasteiger partial charge in [0.25, 0.3) is 0 Å². The largest absolute Gasteiger partial charge is 0.497 e. The van der Waals surface area contributed by atoms with Gasteiger partial charge in [-0.3, -0.25) is 0 Å². The highest BCUT2D eigenvalue weighted by Gasteiger charge is 2.03. The van der Waals surface area contributed by atoms with Crippen LogP contribution >= 0.6 is 0 Å². The zero-order chi connectivity index (χ0) is 9.68. The molecule has 0 heterocycles. The van der Waals surface area contributed by atoms with Crippen molar-refractivity contribution in [3.63, 3.8) is 0 Å². The third kappa shape index (κ3) is 2.36. The van der Waals surface area contributed by atoms with Crippen molar-refractivity contribution in [1.82, 2.24) is 0 Å². The van der Waals surface area contributed by atoms with Gasteiger partial charge in [-0.1, -0.05) is 0 Å². The van der Waals surface area contributed by atoms with Crippen molar-refractivity contribution in [3.8, 4) is 11.5 Å². The monoisotopic (exact) mass is 181 g/mol. The topological polar surface area (TPSA) is 27.7 Å². The van der Waals surface area contributed by atoms with Crippen LogP contribution < -0.4 is 9.47 Å². The fourth-order valence-electron chi connectivity index (χ4n) is 1.08. The third-order valence-corrected chi connectivity index (χ3v) is 1.75. The van der Waals surface area contributed by atoms with E-state index >= 15 is 0 Å².